The van der Waals surface area contributed by atoms with Gasteiger partial charge >= 0.3 is 5.97 Å². The second-order valence-electron chi connectivity index (χ2n) is 4.36. The molecule has 1 heterocycles. The summed E-state index contributed by atoms with van der Waals surface area (Å²) < 4.78 is 5.16. The summed E-state index contributed by atoms with van der Waals surface area (Å²) in [5.41, 5.74) is 2.45. The first-order valence-corrected chi connectivity index (χ1v) is 6.38. The van der Waals surface area contributed by atoms with Crippen LogP contribution in [-0.4, -0.2) is 17.3 Å². The summed E-state index contributed by atoms with van der Waals surface area (Å²) in [5, 5.41) is -0.0319. The molecule has 2 rings (SSSR count). The van der Waals surface area contributed by atoms with E-state index in [0.29, 0.717) is 0 Å². The van der Waals surface area contributed by atoms with Crippen molar-refractivity contribution in [2.45, 2.75) is 43.4 Å². The Morgan fingerprint density at radius 3 is 2.75 bits per heavy atom. The van der Waals surface area contributed by atoms with Gasteiger partial charge in [0.25, 0.3) is 0 Å². The summed E-state index contributed by atoms with van der Waals surface area (Å²) >= 11 is 1.63. The van der Waals surface area contributed by atoms with E-state index in [2.05, 4.69) is 32.0 Å². The number of hydrogen-bond donors (Lipinski definition) is 0. The van der Waals surface area contributed by atoms with E-state index in [1.807, 2.05) is 6.92 Å². The van der Waals surface area contributed by atoms with Crippen molar-refractivity contribution in [3.63, 3.8) is 0 Å². The van der Waals surface area contributed by atoms with Crippen LogP contribution in [-0.2, 0) is 9.53 Å². The number of esters is 1. The zero-order valence-electron chi connectivity index (χ0n) is 9.82. The van der Waals surface area contributed by atoms with E-state index in [1.54, 1.807) is 11.8 Å². The maximum atomic E-state index is 11.5. The Morgan fingerprint density at radius 1 is 1.38 bits per heavy atom. The van der Waals surface area contributed by atoms with Crippen LogP contribution < -0.4 is 0 Å². The molecule has 1 aliphatic rings. The molecule has 1 aliphatic heterocycles. The Bertz CT molecular complexity index is 414. The van der Waals surface area contributed by atoms with E-state index in [4.69, 9.17) is 4.74 Å². The first kappa shape index (κ1) is 11.5. The molecule has 1 aromatic carbocycles. The highest BCUT2D eigenvalue weighted by atomic mass is 32.2. The number of ether oxygens (including phenoxy) is 1. The van der Waals surface area contributed by atoms with Gasteiger partial charge < -0.3 is 4.74 Å². The van der Waals surface area contributed by atoms with Crippen LogP contribution in [0.15, 0.2) is 23.1 Å². The topological polar surface area (TPSA) is 26.3 Å². The lowest BCUT2D eigenvalue weighted by Crippen LogP contribution is -2.09. The minimum Gasteiger partial charge on any atom is -0.462 e. The average Bonchev–Trinajstić information content (AvgIpc) is 2.51. The molecular formula is C13H16O2S. The van der Waals surface area contributed by atoms with Gasteiger partial charge in [-0.2, -0.15) is 0 Å². The van der Waals surface area contributed by atoms with Crippen molar-refractivity contribution in [1.29, 1.82) is 0 Å². The van der Waals surface area contributed by atoms with Crippen molar-refractivity contribution in [3.8, 4) is 0 Å². The highest BCUT2D eigenvalue weighted by molar-refractivity contribution is 8.00. The maximum absolute atomic E-state index is 11.5. The highest BCUT2D eigenvalue weighted by Gasteiger charge is 2.32. The Hall–Kier alpha value is -0.960. The molecule has 1 fully saturated rings. The lowest BCUT2D eigenvalue weighted by atomic mass is 10.2. The quantitative estimate of drug-likeness (QED) is 0.738. The molecule has 2 atom stereocenters. The molecule has 0 N–H and O–H groups in total. The van der Waals surface area contributed by atoms with Crippen LogP contribution in [0.5, 0.6) is 0 Å². The second kappa shape index (κ2) is 4.50. The third-order valence-corrected chi connectivity index (χ3v) is 4.10. The van der Waals surface area contributed by atoms with E-state index < -0.39 is 0 Å². The SMILES string of the molecule is Cc1ccc(C)c(S[C@H]2C[C@H](C)OC2=O)c1. The molecule has 3 heteroatoms. The molecule has 0 bridgehead atoms. The van der Waals surface area contributed by atoms with E-state index in [1.165, 1.54) is 16.0 Å². The van der Waals surface area contributed by atoms with Gasteiger partial charge in [-0.25, -0.2) is 0 Å². The number of benzene rings is 1. The number of rotatable bonds is 2. The van der Waals surface area contributed by atoms with E-state index in [-0.39, 0.29) is 17.3 Å². The van der Waals surface area contributed by atoms with Gasteiger partial charge in [-0.1, -0.05) is 17.7 Å². The second-order valence-corrected chi connectivity index (χ2v) is 5.60. The molecule has 0 radical (unpaired) electrons. The molecule has 0 aliphatic carbocycles. The Morgan fingerprint density at radius 2 is 2.12 bits per heavy atom. The number of thioether (sulfide) groups is 1. The van der Waals surface area contributed by atoms with Crippen molar-refractivity contribution >= 4 is 17.7 Å². The zero-order chi connectivity index (χ0) is 11.7. The van der Waals surface area contributed by atoms with Gasteiger partial charge in [-0.05, 0) is 32.4 Å². The van der Waals surface area contributed by atoms with Crippen LogP contribution in [0.3, 0.4) is 0 Å². The van der Waals surface area contributed by atoms with Crippen molar-refractivity contribution < 1.29 is 9.53 Å². The predicted octanol–water partition coefficient (Wildman–Crippen LogP) is 3.10. The number of hydrogen-bond acceptors (Lipinski definition) is 3. The van der Waals surface area contributed by atoms with Crippen LogP contribution in [0.4, 0.5) is 0 Å². The van der Waals surface area contributed by atoms with Gasteiger partial charge in [0.1, 0.15) is 11.4 Å². The third kappa shape index (κ3) is 2.40. The van der Waals surface area contributed by atoms with E-state index in [9.17, 15) is 4.79 Å². The summed E-state index contributed by atoms with van der Waals surface area (Å²) in [6.45, 7) is 6.09. The molecular weight excluding hydrogens is 220 g/mol. The molecule has 0 amide bonds. The Kier molecular flexibility index (Phi) is 3.24. The van der Waals surface area contributed by atoms with Gasteiger partial charge in [0, 0.05) is 11.3 Å². The zero-order valence-corrected chi connectivity index (χ0v) is 10.6. The maximum Gasteiger partial charge on any atom is 0.319 e. The largest absolute Gasteiger partial charge is 0.462 e. The van der Waals surface area contributed by atoms with Gasteiger partial charge in [0.05, 0.1) is 0 Å². The highest BCUT2D eigenvalue weighted by Crippen LogP contribution is 2.34. The number of carbonyl (C=O) groups excluding carboxylic acids is 1. The van der Waals surface area contributed by atoms with Crippen LogP contribution in [0.1, 0.15) is 24.5 Å². The number of cyclic esters (lactones) is 1. The summed E-state index contributed by atoms with van der Waals surface area (Å²) in [6, 6.07) is 6.33. The number of aryl methyl sites for hydroxylation is 2. The van der Waals surface area contributed by atoms with Crippen molar-refractivity contribution in [3.05, 3.63) is 29.3 Å². The fourth-order valence-corrected chi connectivity index (χ4v) is 3.14. The standard InChI is InChI=1S/C13H16O2S/c1-8-4-5-9(2)11(6-8)16-12-7-10(3)15-13(12)14/h4-6,10,12H,7H2,1-3H3/t10-,12-/m0/s1. The molecule has 0 unspecified atom stereocenters. The van der Waals surface area contributed by atoms with Gasteiger partial charge in [-0.15, -0.1) is 11.8 Å². The normalized spacial score (nSPS) is 24.6. The van der Waals surface area contributed by atoms with Gasteiger partial charge in [-0.3, -0.25) is 4.79 Å². The summed E-state index contributed by atoms with van der Waals surface area (Å²) in [5.74, 6) is -0.0709. The molecule has 2 nitrogen and oxygen atoms in total. The fourth-order valence-electron chi connectivity index (χ4n) is 1.80. The van der Waals surface area contributed by atoms with Gasteiger partial charge in [0.2, 0.25) is 0 Å². The summed E-state index contributed by atoms with van der Waals surface area (Å²) in [6.07, 6.45) is 0.881. The predicted molar refractivity (Wildman–Crippen MR) is 65.7 cm³/mol. The minimum absolute atomic E-state index is 0.0319. The Balaban J connectivity index is 2.15. The van der Waals surface area contributed by atoms with Crippen molar-refractivity contribution in [1.82, 2.24) is 0 Å². The fraction of sp³-hybridized carbons (Fsp3) is 0.462. The first-order valence-electron chi connectivity index (χ1n) is 5.50. The van der Waals surface area contributed by atoms with Crippen molar-refractivity contribution in [2.75, 3.05) is 0 Å². The van der Waals surface area contributed by atoms with E-state index >= 15 is 0 Å². The summed E-state index contributed by atoms with van der Waals surface area (Å²) in [4.78, 5) is 12.7. The molecule has 0 spiro atoms. The molecule has 16 heavy (non-hydrogen) atoms. The molecule has 86 valence electrons. The van der Waals surface area contributed by atoms with E-state index in [0.717, 1.165) is 6.42 Å². The first-order chi connectivity index (χ1) is 7.56. The number of carbonyl (C=O) groups is 1. The van der Waals surface area contributed by atoms with Crippen LogP contribution in [0, 0.1) is 13.8 Å². The summed E-state index contributed by atoms with van der Waals surface area (Å²) in [7, 11) is 0. The Labute approximate surface area is 100 Å². The van der Waals surface area contributed by atoms with Crippen LogP contribution >= 0.6 is 11.8 Å². The molecule has 1 saturated heterocycles. The monoisotopic (exact) mass is 236 g/mol. The molecule has 0 saturated carbocycles. The van der Waals surface area contributed by atoms with Crippen molar-refractivity contribution in [2.24, 2.45) is 0 Å². The minimum atomic E-state index is -0.0709. The van der Waals surface area contributed by atoms with Gasteiger partial charge in [0.15, 0.2) is 0 Å². The lowest BCUT2D eigenvalue weighted by molar-refractivity contribution is -0.140. The smallest absolute Gasteiger partial charge is 0.319 e. The molecule has 1 aromatic rings. The third-order valence-electron chi connectivity index (χ3n) is 2.74. The lowest BCUT2D eigenvalue weighted by Gasteiger charge is -2.09. The average molecular weight is 236 g/mol. The van der Waals surface area contributed by atoms with Crippen LogP contribution in [0.25, 0.3) is 0 Å². The molecule has 0 aromatic heterocycles. The van der Waals surface area contributed by atoms with Crippen LogP contribution in [0.2, 0.25) is 0 Å².